The van der Waals surface area contributed by atoms with Gasteiger partial charge in [0.05, 0.1) is 18.9 Å². The Labute approximate surface area is 216 Å². The molecule has 8 heteroatoms. The number of thiocarbonyl (C=S) groups is 1. The highest BCUT2D eigenvalue weighted by Crippen LogP contribution is 2.37. The number of carbonyl (C=O) groups is 1. The van der Waals surface area contributed by atoms with Crippen LogP contribution < -0.4 is 24.8 Å². The van der Waals surface area contributed by atoms with E-state index in [-0.39, 0.29) is 12.4 Å². The van der Waals surface area contributed by atoms with E-state index in [1.165, 1.54) is 0 Å². The highest BCUT2D eigenvalue weighted by Gasteiger charge is 2.16. The maximum Gasteiger partial charge on any atom is 0.311 e. The second-order valence-corrected chi connectivity index (χ2v) is 8.68. The van der Waals surface area contributed by atoms with Crippen molar-refractivity contribution in [2.24, 2.45) is 0 Å². The average molecular weight is 511 g/mol. The predicted octanol–water partition coefficient (Wildman–Crippen LogP) is 6.55. The van der Waals surface area contributed by atoms with Gasteiger partial charge in [-0.2, -0.15) is 0 Å². The maximum absolute atomic E-state index is 11.9. The maximum atomic E-state index is 11.9. The molecule has 0 aliphatic heterocycles. The number of hydrogen-bond acceptors (Lipinski definition) is 6. The molecule has 3 aromatic carbocycles. The molecule has 0 aliphatic rings. The van der Waals surface area contributed by atoms with Gasteiger partial charge in [0.25, 0.3) is 0 Å². The molecule has 0 aliphatic carbocycles. The van der Waals surface area contributed by atoms with Crippen molar-refractivity contribution in [3.05, 3.63) is 72.3 Å². The van der Waals surface area contributed by atoms with Gasteiger partial charge in [0.2, 0.25) is 5.75 Å². The second kappa shape index (κ2) is 13.6. The lowest BCUT2D eigenvalue weighted by atomic mass is 10.1. The Bertz CT molecular complexity index is 1150. The molecular formula is C27H30N2O4S2. The molecule has 6 nitrogen and oxygen atoms in total. The zero-order valence-electron chi connectivity index (χ0n) is 20.1. The van der Waals surface area contributed by atoms with Crippen LogP contribution in [0.15, 0.2) is 71.6 Å². The number of carbonyl (C=O) groups excluding carboxylic acids is 1. The molecule has 0 spiro atoms. The summed E-state index contributed by atoms with van der Waals surface area (Å²) in [4.78, 5) is 13.0. The number of rotatable bonds is 11. The smallest absolute Gasteiger partial charge is 0.311 e. The first kappa shape index (κ1) is 26.4. The van der Waals surface area contributed by atoms with Gasteiger partial charge in [-0.1, -0.05) is 37.3 Å². The van der Waals surface area contributed by atoms with Crippen molar-refractivity contribution in [3.63, 3.8) is 0 Å². The van der Waals surface area contributed by atoms with Crippen LogP contribution in [0.2, 0.25) is 0 Å². The Morgan fingerprint density at radius 2 is 1.69 bits per heavy atom. The van der Waals surface area contributed by atoms with Crippen LogP contribution in [0.25, 0.3) is 0 Å². The van der Waals surface area contributed by atoms with Gasteiger partial charge in [-0.3, -0.25) is 4.79 Å². The van der Waals surface area contributed by atoms with Crippen LogP contribution in [0.5, 0.6) is 17.2 Å². The quantitative estimate of drug-likeness (QED) is 0.130. The zero-order valence-corrected chi connectivity index (χ0v) is 21.8. The van der Waals surface area contributed by atoms with Crippen molar-refractivity contribution < 1.29 is 19.0 Å². The van der Waals surface area contributed by atoms with E-state index < -0.39 is 0 Å². The molecule has 0 saturated carbocycles. The van der Waals surface area contributed by atoms with E-state index in [9.17, 15) is 4.79 Å². The van der Waals surface area contributed by atoms with E-state index in [0.29, 0.717) is 42.0 Å². The largest absolute Gasteiger partial charge is 0.490 e. The van der Waals surface area contributed by atoms with E-state index in [2.05, 4.69) is 16.7 Å². The van der Waals surface area contributed by atoms with E-state index in [1.807, 2.05) is 61.7 Å². The van der Waals surface area contributed by atoms with Crippen molar-refractivity contribution in [1.29, 1.82) is 0 Å². The summed E-state index contributed by atoms with van der Waals surface area (Å²) in [7, 11) is 0. The minimum Gasteiger partial charge on any atom is -0.490 e. The van der Waals surface area contributed by atoms with Gasteiger partial charge in [-0.05, 0) is 67.4 Å². The zero-order chi connectivity index (χ0) is 25.0. The molecule has 35 heavy (non-hydrogen) atoms. The van der Waals surface area contributed by atoms with Gasteiger partial charge >= 0.3 is 5.97 Å². The first-order valence-corrected chi connectivity index (χ1v) is 13.1. The molecule has 0 atom stereocenters. The Balaban J connectivity index is 1.61. The lowest BCUT2D eigenvalue weighted by Crippen LogP contribution is -2.19. The van der Waals surface area contributed by atoms with Crippen molar-refractivity contribution >= 4 is 46.4 Å². The number of ether oxygens (including phenoxy) is 3. The van der Waals surface area contributed by atoms with E-state index in [1.54, 1.807) is 30.8 Å². The van der Waals surface area contributed by atoms with Crippen molar-refractivity contribution in [2.45, 2.75) is 31.6 Å². The third-order valence-corrected chi connectivity index (χ3v) is 5.94. The summed E-state index contributed by atoms with van der Waals surface area (Å²) >= 11 is 7.17. The SMILES string of the molecule is CCOc1cccc(OCCc2cccc(NC(=S)Nc3ccccc3SC)c2)c1OC(=O)CC. The lowest BCUT2D eigenvalue weighted by molar-refractivity contribution is -0.134. The van der Waals surface area contributed by atoms with E-state index >= 15 is 0 Å². The molecular weight excluding hydrogens is 480 g/mol. The van der Waals surface area contributed by atoms with Gasteiger partial charge in [-0.15, -0.1) is 11.8 Å². The van der Waals surface area contributed by atoms with Crippen LogP contribution in [0, 0.1) is 0 Å². The van der Waals surface area contributed by atoms with Crippen LogP contribution in [0.4, 0.5) is 11.4 Å². The summed E-state index contributed by atoms with van der Waals surface area (Å²) in [5, 5.41) is 7.03. The monoisotopic (exact) mass is 510 g/mol. The van der Waals surface area contributed by atoms with Gasteiger partial charge in [-0.25, -0.2) is 0 Å². The molecule has 184 valence electrons. The highest BCUT2D eigenvalue weighted by atomic mass is 32.2. The number of para-hydroxylation sites is 2. The Hall–Kier alpha value is -3.23. The summed E-state index contributed by atoms with van der Waals surface area (Å²) in [5.41, 5.74) is 2.93. The summed E-state index contributed by atoms with van der Waals surface area (Å²) in [6.45, 7) is 4.48. The molecule has 0 aromatic heterocycles. The number of nitrogens with one attached hydrogen (secondary N) is 2. The standard InChI is InChI=1S/C27H30N2O4S2/c1-4-25(30)33-26-22(31-5-2)13-9-14-23(26)32-17-16-19-10-8-11-20(18-19)28-27(34)29-21-12-6-7-15-24(21)35-3/h6-15,18H,4-5,16-17H2,1-3H3,(H2,28,29,34). The predicted molar refractivity (Wildman–Crippen MR) is 147 cm³/mol. The molecule has 3 aromatic rings. The fourth-order valence-electron chi connectivity index (χ4n) is 3.28. The Morgan fingerprint density at radius 1 is 0.943 bits per heavy atom. The minimum atomic E-state index is -0.342. The molecule has 3 rings (SSSR count). The van der Waals surface area contributed by atoms with Crippen LogP contribution in [-0.2, 0) is 11.2 Å². The highest BCUT2D eigenvalue weighted by molar-refractivity contribution is 7.98. The first-order chi connectivity index (χ1) is 17.0. The lowest BCUT2D eigenvalue weighted by Gasteiger charge is -2.16. The second-order valence-electron chi connectivity index (χ2n) is 7.42. The van der Waals surface area contributed by atoms with Gasteiger partial charge < -0.3 is 24.8 Å². The third kappa shape index (κ3) is 7.90. The molecule has 0 heterocycles. The fourth-order valence-corrected chi connectivity index (χ4v) is 4.06. The van der Waals surface area contributed by atoms with Crippen molar-refractivity contribution in [3.8, 4) is 17.2 Å². The van der Waals surface area contributed by atoms with Crippen LogP contribution in [-0.4, -0.2) is 30.6 Å². The molecule has 0 fully saturated rings. The number of esters is 1. The number of thioether (sulfide) groups is 1. The van der Waals surface area contributed by atoms with Gasteiger partial charge in [0.1, 0.15) is 0 Å². The summed E-state index contributed by atoms with van der Waals surface area (Å²) < 4.78 is 17.1. The van der Waals surface area contributed by atoms with Crippen molar-refractivity contribution in [2.75, 3.05) is 30.1 Å². The molecule has 0 radical (unpaired) electrons. The van der Waals surface area contributed by atoms with Gasteiger partial charge in [0.15, 0.2) is 16.6 Å². The van der Waals surface area contributed by atoms with E-state index in [0.717, 1.165) is 21.8 Å². The topological polar surface area (TPSA) is 68.8 Å². The van der Waals surface area contributed by atoms with E-state index in [4.69, 9.17) is 26.4 Å². The van der Waals surface area contributed by atoms with Crippen molar-refractivity contribution in [1.82, 2.24) is 0 Å². The summed E-state index contributed by atoms with van der Waals surface area (Å²) in [6.07, 6.45) is 2.96. The number of benzene rings is 3. The number of hydrogen-bond donors (Lipinski definition) is 2. The molecule has 0 saturated heterocycles. The first-order valence-electron chi connectivity index (χ1n) is 11.4. The normalized spacial score (nSPS) is 10.4. The van der Waals surface area contributed by atoms with Crippen LogP contribution in [0.1, 0.15) is 25.8 Å². The van der Waals surface area contributed by atoms with Crippen LogP contribution in [0.3, 0.4) is 0 Å². The molecule has 0 unspecified atom stereocenters. The Morgan fingerprint density at radius 3 is 2.43 bits per heavy atom. The fraction of sp³-hybridized carbons (Fsp3) is 0.259. The Kier molecular flexibility index (Phi) is 10.3. The van der Waals surface area contributed by atoms with Gasteiger partial charge in [0, 0.05) is 23.4 Å². The molecule has 2 N–H and O–H groups in total. The summed E-state index contributed by atoms with van der Waals surface area (Å²) in [5.74, 6) is 0.941. The van der Waals surface area contributed by atoms with Crippen LogP contribution >= 0.6 is 24.0 Å². The summed E-state index contributed by atoms with van der Waals surface area (Å²) in [6, 6.07) is 21.4. The third-order valence-electron chi connectivity index (χ3n) is 4.94. The number of anilines is 2. The average Bonchev–Trinajstić information content (AvgIpc) is 2.86. The molecule has 0 amide bonds. The molecule has 0 bridgehead atoms. The minimum absolute atomic E-state index is 0.263.